The number of benzene rings is 12. The molecule has 0 nitrogen and oxygen atoms in total. The van der Waals surface area contributed by atoms with E-state index in [1.165, 1.54) is 132 Å². The summed E-state index contributed by atoms with van der Waals surface area (Å²) in [7, 11) is 0. The molecule has 1 aliphatic rings. The Bertz CT molecular complexity index is 3710. The summed E-state index contributed by atoms with van der Waals surface area (Å²) in [5.41, 5.74) is 20.2. The summed E-state index contributed by atoms with van der Waals surface area (Å²) in [6.07, 6.45) is 1.92. The van der Waals surface area contributed by atoms with E-state index in [-0.39, 0.29) is 5.41 Å². The van der Waals surface area contributed by atoms with Crippen molar-refractivity contribution in [1.82, 2.24) is 0 Å². The zero-order valence-corrected chi connectivity index (χ0v) is 39.0. The van der Waals surface area contributed by atoms with Gasteiger partial charge in [-0.25, -0.2) is 0 Å². The molecule has 326 valence electrons. The van der Waals surface area contributed by atoms with Crippen LogP contribution in [0.15, 0.2) is 243 Å². The van der Waals surface area contributed by atoms with E-state index < -0.39 is 0 Å². The predicted octanol–water partition coefficient (Wildman–Crippen LogP) is 19.4. The van der Waals surface area contributed by atoms with Gasteiger partial charge in [0.15, 0.2) is 0 Å². The van der Waals surface area contributed by atoms with Gasteiger partial charge in [0.25, 0.3) is 0 Å². The van der Waals surface area contributed by atoms with Crippen molar-refractivity contribution in [3.05, 3.63) is 254 Å². The van der Waals surface area contributed by atoms with E-state index in [1.54, 1.807) is 0 Å². The first-order valence-corrected chi connectivity index (χ1v) is 24.6. The molecule has 0 spiro atoms. The maximum atomic E-state index is 2.60. The topological polar surface area (TPSA) is 0 Å². The van der Waals surface area contributed by atoms with Crippen LogP contribution in [0.5, 0.6) is 0 Å². The van der Waals surface area contributed by atoms with Gasteiger partial charge in [-0.3, -0.25) is 0 Å². The first-order valence-electron chi connectivity index (χ1n) is 24.6. The lowest BCUT2D eigenvalue weighted by Crippen LogP contribution is -2.23. The highest BCUT2D eigenvalue weighted by Crippen LogP contribution is 2.60. The molecule has 0 saturated carbocycles. The fourth-order valence-corrected chi connectivity index (χ4v) is 12.1. The summed E-state index contributed by atoms with van der Waals surface area (Å²) in [6, 6.07) is 91.1. The van der Waals surface area contributed by atoms with E-state index in [0.29, 0.717) is 0 Å². The van der Waals surface area contributed by atoms with Gasteiger partial charge in [0, 0.05) is 5.41 Å². The molecule has 69 heavy (non-hydrogen) atoms. The fraction of sp³-hybridized carbons (Fsp3) is 0.0725. The van der Waals surface area contributed by atoms with Gasteiger partial charge in [-0.05, 0) is 193 Å². The molecular weight excluding hydrogens is 829 g/mol. The van der Waals surface area contributed by atoms with Crippen LogP contribution < -0.4 is 0 Å². The van der Waals surface area contributed by atoms with Crippen LogP contribution in [0.4, 0.5) is 0 Å². The molecular formula is C69H50. The molecule has 12 aromatic rings. The number of hydrogen-bond donors (Lipinski definition) is 0. The minimum atomic E-state index is -0.270. The highest BCUT2D eigenvalue weighted by molar-refractivity contribution is 6.16. The van der Waals surface area contributed by atoms with Gasteiger partial charge in [-0.1, -0.05) is 208 Å². The van der Waals surface area contributed by atoms with Gasteiger partial charge < -0.3 is 0 Å². The minimum absolute atomic E-state index is 0.270. The SMILES string of the molecule is CCC1(CC)c2cc(-c3cc4ccccc4c4ccccc34)cc(-c3cccc(-c4ccccc4)c3)c2-c2c(-c3cccc(-c4ccccc4)c3)cc(-c3cc4ccccc4c4ccccc34)cc21. The number of hydrogen-bond acceptors (Lipinski definition) is 0. The van der Waals surface area contributed by atoms with Crippen LogP contribution in [-0.2, 0) is 5.41 Å². The predicted molar refractivity (Wildman–Crippen MR) is 296 cm³/mol. The Balaban J connectivity index is 1.17. The third kappa shape index (κ3) is 6.58. The van der Waals surface area contributed by atoms with Crippen molar-refractivity contribution in [2.75, 3.05) is 0 Å². The molecule has 0 aromatic heterocycles. The van der Waals surface area contributed by atoms with E-state index in [0.717, 1.165) is 12.8 Å². The summed E-state index contributed by atoms with van der Waals surface area (Å²) in [5.74, 6) is 0. The first-order chi connectivity index (χ1) is 34.1. The highest BCUT2D eigenvalue weighted by Gasteiger charge is 2.44. The largest absolute Gasteiger partial charge is 0.0642 e. The van der Waals surface area contributed by atoms with E-state index in [2.05, 4.69) is 257 Å². The lowest BCUT2D eigenvalue weighted by molar-refractivity contribution is 0.491. The maximum Gasteiger partial charge on any atom is 0.0210 e. The minimum Gasteiger partial charge on any atom is -0.0642 e. The zero-order valence-electron chi connectivity index (χ0n) is 39.0. The summed E-state index contributed by atoms with van der Waals surface area (Å²) in [4.78, 5) is 0. The van der Waals surface area contributed by atoms with E-state index in [4.69, 9.17) is 0 Å². The Morgan fingerprint density at radius 1 is 0.246 bits per heavy atom. The standard InChI is InChI=1S/C69H50/c1-3-69(4-2)65-43-53(61-39-51-25-11-13-31-55(51)57-33-15-17-35-59(57)61)41-63(49-29-19-27-47(37-49)45-21-7-5-8-22-45)67(65)68-64(50-30-20-28-48(38-50)46-23-9-6-10-24-46)42-54(44-66(68)69)62-40-52-26-12-14-32-56(52)58-34-16-18-36-60(58)62/h5-44H,3-4H2,1-2H3. The Morgan fingerprint density at radius 2 is 0.594 bits per heavy atom. The van der Waals surface area contributed by atoms with Gasteiger partial charge in [-0.15, -0.1) is 0 Å². The van der Waals surface area contributed by atoms with Gasteiger partial charge >= 0.3 is 0 Å². The molecule has 0 amide bonds. The molecule has 0 N–H and O–H groups in total. The average molecular weight is 879 g/mol. The molecule has 0 heteroatoms. The Morgan fingerprint density at radius 3 is 1.01 bits per heavy atom. The molecule has 0 aliphatic heterocycles. The summed E-state index contributed by atoms with van der Waals surface area (Å²) >= 11 is 0. The van der Waals surface area contributed by atoms with Crippen LogP contribution in [-0.4, -0.2) is 0 Å². The summed E-state index contributed by atoms with van der Waals surface area (Å²) in [5, 5.41) is 10.2. The van der Waals surface area contributed by atoms with Gasteiger partial charge in [0.2, 0.25) is 0 Å². The van der Waals surface area contributed by atoms with Crippen LogP contribution in [0.1, 0.15) is 37.8 Å². The smallest absolute Gasteiger partial charge is 0.0210 e. The molecule has 12 aromatic carbocycles. The van der Waals surface area contributed by atoms with Crippen LogP contribution in [0.2, 0.25) is 0 Å². The van der Waals surface area contributed by atoms with Crippen LogP contribution in [0, 0.1) is 0 Å². The van der Waals surface area contributed by atoms with Crippen molar-refractivity contribution < 1.29 is 0 Å². The van der Waals surface area contributed by atoms with Gasteiger partial charge in [-0.2, -0.15) is 0 Å². The van der Waals surface area contributed by atoms with Crippen molar-refractivity contribution >= 4 is 43.1 Å². The van der Waals surface area contributed by atoms with Crippen LogP contribution in [0.3, 0.4) is 0 Å². The maximum absolute atomic E-state index is 2.60. The van der Waals surface area contributed by atoms with Crippen LogP contribution >= 0.6 is 0 Å². The Kier molecular flexibility index (Phi) is 9.77. The van der Waals surface area contributed by atoms with Crippen LogP contribution in [0.25, 0.3) is 121 Å². The lowest BCUT2D eigenvalue weighted by Gasteiger charge is -2.31. The average Bonchev–Trinajstić information content (AvgIpc) is 3.72. The first kappa shape index (κ1) is 40.9. The van der Waals surface area contributed by atoms with E-state index >= 15 is 0 Å². The number of rotatable bonds is 8. The van der Waals surface area contributed by atoms with Gasteiger partial charge in [0.1, 0.15) is 0 Å². The Labute approximate surface area is 404 Å². The summed E-state index contributed by atoms with van der Waals surface area (Å²) in [6.45, 7) is 4.84. The molecule has 0 bridgehead atoms. The monoisotopic (exact) mass is 878 g/mol. The molecule has 1 aliphatic carbocycles. The van der Waals surface area contributed by atoms with Crippen molar-refractivity contribution in [1.29, 1.82) is 0 Å². The molecule has 0 atom stereocenters. The van der Waals surface area contributed by atoms with Crippen molar-refractivity contribution in [2.45, 2.75) is 32.1 Å². The van der Waals surface area contributed by atoms with Gasteiger partial charge in [0.05, 0.1) is 0 Å². The fourth-order valence-electron chi connectivity index (χ4n) is 12.1. The Hall–Kier alpha value is -8.32. The molecule has 0 unspecified atom stereocenters. The normalized spacial score (nSPS) is 12.7. The molecule has 0 radical (unpaired) electrons. The third-order valence-electron chi connectivity index (χ3n) is 15.5. The molecule has 0 saturated heterocycles. The van der Waals surface area contributed by atoms with Crippen molar-refractivity contribution in [2.24, 2.45) is 0 Å². The summed E-state index contributed by atoms with van der Waals surface area (Å²) < 4.78 is 0. The second kappa shape index (κ2) is 16.5. The lowest BCUT2D eigenvalue weighted by atomic mass is 9.72. The zero-order chi connectivity index (χ0) is 46.1. The molecule has 0 fully saturated rings. The number of fused-ring (bicyclic) bond motifs is 9. The second-order valence-electron chi connectivity index (χ2n) is 19.0. The van der Waals surface area contributed by atoms with Crippen molar-refractivity contribution in [3.63, 3.8) is 0 Å². The highest BCUT2D eigenvalue weighted by atomic mass is 14.5. The third-order valence-corrected chi connectivity index (χ3v) is 15.5. The second-order valence-corrected chi connectivity index (χ2v) is 19.0. The quantitative estimate of drug-likeness (QED) is 0.133. The molecule has 13 rings (SSSR count). The van der Waals surface area contributed by atoms with Crippen molar-refractivity contribution in [3.8, 4) is 77.9 Å². The van der Waals surface area contributed by atoms with E-state index in [9.17, 15) is 0 Å². The van der Waals surface area contributed by atoms with E-state index in [1.807, 2.05) is 0 Å². The molecule has 0 heterocycles.